The zero-order valence-electron chi connectivity index (χ0n) is 61.3. The van der Waals surface area contributed by atoms with Crippen molar-refractivity contribution >= 4 is 47.9 Å². The summed E-state index contributed by atoms with van der Waals surface area (Å²) in [5.41, 5.74) is 0.848. The highest BCUT2D eigenvalue weighted by atomic mass is 16.7. The Morgan fingerprint density at radius 2 is 0.876 bits per heavy atom. The van der Waals surface area contributed by atoms with Gasteiger partial charge in [-0.2, -0.15) is 14.7 Å². The van der Waals surface area contributed by atoms with Crippen LogP contribution < -0.4 is 16.1 Å². The average Bonchev–Trinajstić information content (AvgIpc) is 1.90. The number of aliphatic carboxylic acids is 2. The molecule has 2 aliphatic rings. The summed E-state index contributed by atoms with van der Waals surface area (Å²) in [5.74, 6) is -2.94. The molecule has 2 aliphatic heterocycles. The monoisotopic (exact) mass is 1400 g/mol. The average molecular weight is 1400 g/mol. The van der Waals surface area contributed by atoms with Gasteiger partial charge in [-0.1, -0.05) is 20.8 Å². The number of carboxylic acid groups (broad SMARTS) is 2. The van der Waals surface area contributed by atoms with Gasteiger partial charge < -0.3 is 73.3 Å². The lowest BCUT2D eigenvalue weighted by atomic mass is 9.92. The van der Waals surface area contributed by atoms with Gasteiger partial charge in [0.1, 0.15) is 28.9 Å². The maximum absolute atomic E-state index is 13.7. The Kier molecular flexibility index (Phi) is 50.0. The van der Waals surface area contributed by atoms with Crippen LogP contribution >= 0.6 is 0 Å². The van der Waals surface area contributed by atoms with Crippen LogP contribution in [0.25, 0.3) is 0 Å². The summed E-state index contributed by atoms with van der Waals surface area (Å²) in [5, 5.41) is 25.6. The van der Waals surface area contributed by atoms with Crippen LogP contribution in [0.3, 0.4) is 0 Å². The molecular formula is C65H124N10O22. The topological polar surface area (TPSA) is 354 Å². The number of carboxylic acids is 2. The zero-order valence-corrected chi connectivity index (χ0v) is 61.3. The summed E-state index contributed by atoms with van der Waals surface area (Å²) < 4.78 is 49.4. The van der Waals surface area contributed by atoms with Crippen molar-refractivity contribution in [2.45, 2.75) is 144 Å². The molecule has 32 nitrogen and oxygen atoms in total. The molecule has 2 saturated heterocycles. The van der Waals surface area contributed by atoms with Crippen LogP contribution in [0, 0.1) is 5.41 Å². The number of hydrogen-bond donors (Lipinski definition) is 5. The Labute approximate surface area is 576 Å². The zero-order chi connectivity index (χ0) is 73.3. The summed E-state index contributed by atoms with van der Waals surface area (Å²) in [6, 6.07) is -1.46. The van der Waals surface area contributed by atoms with E-state index in [1.165, 1.54) is 7.05 Å². The summed E-state index contributed by atoms with van der Waals surface area (Å²) in [4.78, 5) is 126. The highest BCUT2D eigenvalue weighted by molar-refractivity contribution is 5.80. The van der Waals surface area contributed by atoms with Crippen molar-refractivity contribution in [3.8, 4) is 0 Å². The molecule has 2 rings (SSSR count). The molecule has 0 bridgehead atoms. The number of hydrogen-bond acceptors (Lipinski definition) is 27. The first-order valence-electron chi connectivity index (χ1n) is 33.7. The minimum absolute atomic E-state index is 0.0740. The van der Waals surface area contributed by atoms with Crippen LogP contribution in [0.15, 0.2) is 0 Å². The minimum Gasteiger partial charge on any atom is -0.480 e. The van der Waals surface area contributed by atoms with Crippen molar-refractivity contribution in [2.75, 3.05) is 225 Å². The van der Waals surface area contributed by atoms with E-state index in [4.69, 9.17) is 67.0 Å². The van der Waals surface area contributed by atoms with Gasteiger partial charge in [0, 0.05) is 119 Å². The summed E-state index contributed by atoms with van der Waals surface area (Å²) in [6.07, 6.45) is 1.36. The van der Waals surface area contributed by atoms with Gasteiger partial charge in [-0.05, 0) is 101 Å². The van der Waals surface area contributed by atoms with Gasteiger partial charge >= 0.3 is 36.1 Å². The van der Waals surface area contributed by atoms with Crippen molar-refractivity contribution in [1.82, 2.24) is 50.6 Å². The van der Waals surface area contributed by atoms with Gasteiger partial charge in [-0.25, -0.2) is 10.3 Å². The molecule has 0 saturated carbocycles. The SMILES string of the molecule is CN(OCCOCCOCCOCCNC(=O)CCC(C(=O)OC(C)(C)C)N1CCN(CCC(C)(C)C)CCN(CC(=O)OC(C)(C)C)CC1)C(=O)OC(C)(C)C.CNOCCOCCOCCOCCNC(=O)CCC(C(=O)O)N1CCN(C)CCN(CC(=O)O)CC1.O=C=O. The quantitative estimate of drug-likeness (QED) is 0.0251. The van der Waals surface area contributed by atoms with Crippen molar-refractivity contribution in [2.24, 2.45) is 5.41 Å². The maximum Gasteiger partial charge on any atom is 0.434 e. The predicted molar refractivity (Wildman–Crippen MR) is 358 cm³/mol. The van der Waals surface area contributed by atoms with Crippen LogP contribution in [-0.4, -0.2) is 346 Å². The maximum atomic E-state index is 13.7. The number of amides is 3. The molecule has 566 valence electrons. The number of rotatable bonds is 42. The second kappa shape index (κ2) is 52.8. The fourth-order valence-electron chi connectivity index (χ4n) is 9.20. The highest BCUT2D eigenvalue weighted by Gasteiger charge is 2.34. The van der Waals surface area contributed by atoms with E-state index < -0.39 is 46.9 Å². The van der Waals surface area contributed by atoms with Gasteiger partial charge in [0.05, 0.1) is 106 Å². The van der Waals surface area contributed by atoms with Crippen molar-refractivity contribution in [1.29, 1.82) is 0 Å². The Morgan fingerprint density at radius 1 is 0.495 bits per heavy atom. The summed E-state index contributed by atoms with van der Waals surface area (Å²) in [7, 11) is 5.10. The first-order valence-corrected chi connectivity index (χ1v) is 33.7. The number of carbonyl (C=O) groups excluding carboxylic acids is 7. The minimum atomic E-state index is -0.987. The van der Waals surface area contributed by atoms with Gasteiger partial charge in [0.2, 0.25) is 11.8 Å². The van der Waals surface area contributed by atoms with Crippen LogP contribution in [0.5, 0.6) is 0 Å². The first-order chi connectivity index (χ1) is 45.6. The number of hydroxylamine groups is 3. The second-order valence-electron chi connectivity index (χ2n) is 27.4. The Bertz CT molecular complexity index is 2190. The van der Waals surface area contributed by atoms with Crippen LogP contribution in [0.4, 0.5) is 4.79 Å². The molecular weight excluding hydrogens is 1270 g/mol. The highest BCUT2D eigenvalue weighted by Crippen LogP contribution is 2.21. The van der Waals surface area contributed by atoms with Gasteiger partial charge in [0.15, 0.2) is 0 Å². The molecule has 0 spiro atoms. The van der Waals surface area contributed by atoms with Crippen LogP contribution in [0.1, 0.15) is 115 Å². The van der Waals surface area contributed by atoms with Gasteiger partial charge in [-0.3, -0.25) is 58.0 Å². The van der Waals surface area contributed by atoms with E-state index in [9.17, 15) is 38.7 Å². The molecule has 2 fully saturated rings. The fraction of sp³-hybridized carbons (Fsp3) is 0.877. The lowest BCUT2D eigenvalue weighted by molar-refractivity contribution is -0.192. The molecule has 0 aromatic carbocycles. The molecule has 0 aromatic rings. The first kappa shape index (κ1) is 91.9. The third-order valence-corrected chi connectivity index (χ3v) is 14.1. The van der Waals surface area contributed by atoms with Crippen molar-refractivity contribution in [3.63, 3.8) is 0 Å². The van der Waals surface area contributed by atoms with E-state index in [0.717, 1.165) is 31.1 Å². The molecule has 2 heterocycles. The number of ether oxygens (including phenoxy) is 9. The Hall–Kier alpha value is -5.13. The normalized spacial score (nSPS) is 16.1. The lowest BCUT2D eigenvalue weighted by Crippen LogP contribution is -2.49. The molecule has 0 radical (unpaired) electrons. The predicted octanol–water partition coefficient (Wildman–Crippen LogP) is 1.73. The van der Waals surface area contributed by atoms with Gasteiger partial charge in [-0.15, -0.1) is 0 Å². The lowest BCUT2D eigenvalue weighted by Gasteiger charge is -2.34. The van der Waals surface area contributed by atoms with Crippen molar-refractivity contribution < 1.29 is 106 Å². The van der Waals surface area contributed by atoms with Crippen LogP contribution in [0.2, 0.25) is 0 Å². The molecule has 3 amide bonds. The molecule has 2 unspecified atom stereocenters. The second-order valence-corrected chi connectivity index (χ2v) is 27.4. The van der Waals surface area contributed by atoms with E-state index in [1.807, 2.05) is 58.4 Å². The van der Waals surface area contributed by atoms with E-state index in [2.05, 4.69) is 56.5 Å². The standard InChI is InChI=1S/C41H79N5O11.C23H45N5O9.CO2/c1-38(2,3)16-18-44-19-20-45(32-35(48)55-39(4,5)6)22-24-46(23-21-44)33(36(49)56-40(7,8)9)14-15-34(47)42-17-25-51-26-27-52-28-29-53-30-31-54-43(13)37(50)57-41(10,11)12;1-24-37-18-17-36-16-15-35-14-13-34-12-5-25-21(29)4-3-20(23(32)33)28-10-7-26(2)6-8-27(9-11-28)19-22(30)31;2-1-3/h33H,14-32H2,1-13H3,(H,42,47);20,24H,3-19H2,1-2H3,(H,25,29)(H,30,31)(H,32,33);. The number of esters is 2. The number of nitrogens with zero attached hydrogens (tertiary/aromatic N) is 7. The van der Waals surface area contributed by atoms with Crippen LogP contribution in [-0.2, 0) is 90.7 Å². The molecule has 2 atom stereocenters. The molecule has 0 aliphatic carbocycles. The third-order valence-electron chi connectivity index (χ3n) is 14.1. The summed E-state index contributed by atoms with van der Waals surface area (Å²) in [6.45, 7) is 37.4. The number of nitrogens with one attached hydrogen (secondary N) is 3. The fourth-order valence-corrected chi connectivity index (χ4v) is 9.20. The molecule has 97 heavy (non-hydrogen) atoms. The van der Waals surface area contributed by atoms with E-state index in [-0.39, 0.29) is 87.3 Å². The van der Waals surface area contributed by atoms with E-state index in [1.54, 1.807) is 27.8 Å². The molecule has 32 heteroatoms. The Balaban J connectivity index is 0.00000198. The smallest absolute Gasteiger partial charge is 0.434 e. The van der Waals surface area contributed by atoms with Crippen molar-refractivity contribution in [3.05, 3.63) is 0 Å². The van der Waals surface area contributed by atoms with Gasteiger partial charge in [0.25, 0.3) is 0 Å². The largest absolute Gasteiger partial charge is 0.480 e. The Morgan fingerprint density at radius 3 is 1.33 bits per heavy atom. The van der Waals surface area contributed by atoms with E-state index in [0.29, 0.717) is 158 Å². The summed E-state index contributed by atoms with van der Waals surface area (Å²) >= 11 is 0. The number of carbonyl (C=O) groups is 7. The number of likely N-dealkylation sites (N-methyl/N-ethyl adjacent to an activating group) is 1. The van der Waals surface area contributed by atoms with E-state index >= 15 is 0 Å². The third kappa shape index (κ3) is 54.4. The molecule has 5 N–H and O–H groups in total. The molecule has 0 aromatic heterocycles.